The fraction of sp³-hybridized carbons (Fsp3) is 0.529. The van der Waals surface area contributed by atoms with E-state index < -0.39 is 5.97 Å². The highest BCUT2D eigenvalue weighted by Crippen LogP contribution is 2.19. The SMILES string of the molecule is CCC[C@H](OC(=O)/C=N/OCc1ccccc1)[C@@H](Br)CCC. The van der Waals surface area contributed by atoms with Gasteiger partial charge in [0.05, 0.1) is 4.83 Å². The van der Waals surface area contributed by atoms with Crippen molar-refractivity contribution in [2.45, 2.75) is 57.1 Å². The summed E-state index contributed by atoms with van der Waals surface area (Å²) in [5.74, 6) is -0.466. The summed E-state index contributed by atoms with van der Waals surface area (Å²) in [5, 5.41) is 3.67. The third-order valence-corrected chi connectivity index (χ3v) is 4.16. The molecule has 0 saturated heterocycles. The zero-order valence-corrected chi connectivity index (χ0v) is 14.8. The van der Waals surface area contributed by atoms with E-state index in [0.717, 1.165) is 37.5 Å². The lowest BCUT2D eigenvalue weighted by Crippen LogP contribution is -2.27. The first-order valence-corrected chi connectivity index (χ1v) is 8.62. The molecule has 122 valence electrons. The zero-order chi connectivity index (χ0) is 16.2. The van der Waals surface area contributed by atoms with Gasteiger partial charge in [-0.15, -0.1) is 0 Å². The summed E-state index contributed by atoms with van der Waals surface area (Å²) >= 11 is 3.59. The van der Waals surface area contributed by atoms with Crippen LogP contribution >= 0.6 is 15.9 Å². The minimum atomic E-state index is -0.466. The van der Waals surface area contributed by atoms with Crippen LogP contribution in [0.3, 0.4) is 0 Å². The molecule has 0 saturated carbocycles. The Balaban J connectivity index is 2.37. The van der Waals surface area contributed by atoms with Gasteiger partial charge in [0.25, 0.3) is 0 Å². The van der Waals surface area contributed by atoms with Gasteiger partial charge >= 0.3 is 5.97 Å². The number of nitrogens with zero attached hydrogens (tertiary/aromatic N) is 1. The van der Waals surface area contributed by atoms with Crippen molar-refractivity contribution in [1.82, 2.24) is 0 Å². The number of rotatable bonds is 10. The minimum Gasteiger partial charge on any atom is -0.457 e. The van der Waals surface area contributed by atoms with Crippen molar-refractivity contribution in [1.29, 1.82) is 0 Å². The molecule has 22 heavy (non-hydrogen) atoms. The zero-order valence-electron chi connectivity index (χ0n) is 13.2. The van der Waals surface area contributed by atoms with Gasteiger partial charge in [-0.25, -0.2) is 4.79 Å². The molecule has 2 atom stereocenters. The van der Waals surface area contributed by atoms with Gasteiger partial charge in [0.1, 0.15) is 12.7 Å². The smallest absolute Gasteiger partial charge is 0.353 e. The fourth-order valence-electron chi connectivity index (χ4n) is 2.01. The van der Waals surface area contributed by atoms with E-state index in [1.54, 1.807) is 0 Å². The Hall–Kier alpha value is -1.36. The first-order chi connectivity index (χ1) is 10.7. The molecule has 4 nitrogen and oxygen atoms in total. The largest absolute Gasteiger partial charge is 0.457 e. The molecule has 5 heteroatoms. The van der Waals surface area contributed by atoms with Crippen LogP contribution in [0.5, 0.6) is 0 Å². The van der Waals surface area contributed by atoms with E-state index in [0.29, 0.717) is 6.61 Å². The van der Waals surface area contributed by atoms with Crippen LogP contribution in [0, 0.1) is 0 Å². The quantitative estimate of drug-likeness (QED) is 0.264. The predicted octanol–water partition coefficient (Wildman–Crippen LogP) is 4.46. The van der Waals surface area contributed by atoms with Gasteiger partial charge in [-0.2, -0.15) is 0 Å². The summed E-state index contributed by atoms with van der Waals surface area (Å²) < 4.78 is 5.44. The number of ether oxygens (including phenoxy) is 1. The molecule has 0 fully saturated rings. The highest BCUT2D eigenvalue weighted by Gasteiger charge is 2.20. The fourth-order valence-corrected chi connectivity index (χ4v) is 2.84. The lowest BCUT2D eigenvalue weighted by molar-refractivity contribution is -0.140. The summed E-state index contributed by atoms with van der Waals surface area (Å²) in [6, 6.07) is 9.66. The second kappa shape index (κ2) is 11.2. The van der Waals surface area contributed by atoms with Crippen molar-refractivity contribution in [2.24, 2.45) is 5.16 Å². The molecule has 0 bridgehead atoms. The number of benzene rings is 1. The van der Waals surface area contributed by atoms with Crippen molar-refractivity contribution < 1.29 is 14.4 Å². The molecular formula is C17H24BrNO3. The van der Waals surface area contributed by atoms with E-state index in [9.17, 15) is 4.79 Å². The molecule has 0 N–H and O–H groups in total. The Bertz CT molecular complexity index is 450. The van der Waals surface area contributed by atoms with Gasteiger partial charge in [-0.05, 0) is 18.4 Å². The van der Waals surface area contributed by atoms with E-state index >= 15 is 0 Å². The van der Waals surface area contributed by atoms with Crippen LogP contribution in [-0.4, -0.2) is 23.1 Å². The summed E-state index contributed by atoms with van der Waals surface area (Å²) in [6.45, 7) is 4.52. The number of alkyl halides is 1. The average Bonchev–Trinajstić information content (AvgIpc) is 2.52. The lowest BCUT2D eigenvalue weighted by Gasteiger charge is -2.21. The van der Waals surface area contributed by atoms with Crippen LogP contribution in [0.15, 0.2) is 35.5 Å². The van der Waals surface area contributed by atoms with Crippen LogP contribution in [0.4, 0.5) is 0 Å². The maximum Gasteiger partial charge on any atom is 0.353 e. The van der Waals surface area contributed by atoms with Gasteiger partial charge in [-0.3, -0.25) is 0 Å². The van der Waals surface area contributed by atoms with Gasteiger partial charge in [0, 0.05) is 0 Å². The van der Waals surface area contributed by atoms with E-state index in [2.05, 4.69) is 34.9 Å². The molecule has 0 aliphatic carbocycles. The van der Waals surface area contributed by atoms with Crippen LogP contribution < -0.4 is 0 Å². The molecule has 1 rings (SSSR count). The molecule has 0 spiro atoms. The second-order valence-electron chi connectivity index (χ2n) is 5.06. The number of esters is 1. The Morgan fingerprint density at radius 3 is 2.55 bits per heavy atom. The van der Waals surface area contributed by atoms with Gasteiger partial charge in [-0.1, -0.05) is 78.1 Å². The molecule has 0 aromatic heterocycles. The Labute approximate surface area is 141 Å². The summed E-state index contributed by atoms with van der Waals surface area (Å²) in [4.78, 5) is 17.1. The molecule has 0 amide bonds. The van der Waals surface area contributed by atoms with Crippen molar-refractivity contribution in [2.75, 3.05) is 0 Å². The minimum absolute atomic E-state index is 0.127. The molecule has 0 aliphatic rings. The van der Waals surface area contributed by atoms with Crippen molar-refractivity contribution in [3.05, 3.63) is 35.9 Å². The van der Waals surface area contributed by atoms with Crippen LogP contribution in [0.2, 0.25) is 0 Å². The van der Waals surface area contributed by atoms with E-state index in [1.807, 2.05) is 30.3 Å². The number of oxime groups is 1. The highest BCUT2D eigenvalue weighted by atomic mass is 79.9. The number of carbonyl (C=O) groups excluding carboxylic acids is 1. The number of hydrogen-bond donors (Lipinski definition) is 0. The maximum absolute atomic E-state index is 11.8. The molecule has 0 unspecified atom stereocenters. The molecule has 0 aliphatic heterocycles. The van der Waals surface area contributed by atoms with E-state index in [-0.39, 0.29) is 10.9 Å². The van der Waals surface area contributed by atoms with Gasteiger partial charge in [0.2, 0.25) is 0 Å². The topological polar surface area (TPSA) is 47.9 Å². The molecule has 0 heterocycles. The number of carbonyl (C=O) groups is 1. The standard InChI is InChI=1S/C17H24BrNO3/c1-3-8-15(18)16(9-4-2)22-17(20)12-19-21-13-14-10-6-5-7-11-14/h5-7,10-12,15-16H,3-4,8-9,13H2,1-2H3/b19-12+/t15-,16-/m0/s1. The lowest BCUT2D eigenvalue weighted by atomic mass is 10.1. The Kier molecular flexibility index (Phi) is 9.55. The van der Waals surface area contributed by atoms with Crippen molar-refractivity contribution in [3.63, 3.8) is 0 Å². The van der Waals surface area contributed by atoms with Crippen LogP contribution in [-0.2, 0) is 21.0 Å². The first kappa shape index (κ1) is 18.7. The third-order valence-electron chi connectivity index (χ3n) is 3.12. The maximum atomic E-state index is 11.8. The molecule has 0 radical (unpaired) electrons. The van der Waals surface area contributed by atoms with Crippen molar-refractivity contribution in [3.8, 4) is 0 Å². The predicted molar refractivity (Wildman–Crippen MR) is 92.1 cm³/mol. The summed E-state index contributed by atoms with van der Waals surface area (Å²) in [6.07, 6.45) is 4.78. The monoisotopic (exact) mass is 369 g/mol. The van der Waals surface area contributed by atoms with Gasteiger partial charge in [0.15, 0.2) is 6.21 Å². The van der Waals surface area contributed by atoms with Gasteiger partial charge < -0.3 is 9.57 Å². The van der Waals surface area contributed by atoms with E-state index in [1.165, 1.54) is 0 Å². The normalized spacial score (nSPS) is 13.8. The van der Waals surface area contributed by atoms with E-state index in [4.69, 9.17) is 9.57 Å². The Morgan fingerprint density at radius 1 is 1.23 bits per heavy atom. The van der Waals surface area contributed by atoms with Crippen LogP contribution in [0.1, 0.15) is 45.1 Å². The summed E-state index contributed by atoms with van der Waals surface area (Å²) in [7, 11) is 0. The average molecular weight is 370 g/mol. The molecule has 1 aromatic rings. The summed E-state index contributed by atoms with van der Waals surface area (Å²) in [5.41, 5.74) is 1.00. The number of hydrogen-bond acceptors (Lipinski definition) is 4. The first-order valence-electron chi connectivity index (χ1n) is 7.71. The third kappa shape index (κ3) is 7.59. The molecule has 1 aromatic carbocycles. The van der Waals surface area contributed by atoms with Crippen molar-refractivity contribution >= 4 is 28.1 Å². The molecular weight excluding hydrogens is 346 g/mol. The highest BCUT2D eigenvalue weighted by molar-refractivity contribution is 9.09. The Morgan fingerprint density at radius 2 is 1.91 bits per heavy atom. The van der Waals surface area contributed by atoms with Crippen LogP contribution in [0.25, 0.3) is 0 Å². The number of halogens is 1. The second-order valence-corrected chi connectivity index (χ2v) is 6.24.